The Hall–Kier alpha value is -0.0500. The molecule has 3 heteroatoms. The highest BCUT2D eigenvalue weighted by Crippen LogP contribution is 2.32. The van der Waals surface area contributed by atoms with Crippen LogP contribution in [0.2, 0.25) is 5.02 Å². The quantitative estimate of drug-likeness (QED) is 0.865. The first kappa shape index (κ1) is 12.4. The van der Waals surface area contributed by atoms with E-state index in [9.17, 15) is 0 Å². The molecule has 0 aromatic heterocycles. The summed E-state index contributed by atoms with van der Waals surface area (Å²) in [5, 5.41) is 0.824. The van der Waals surface area contributed by atoms with Gasteiger partial charge in [-0.05, 0) is 37.0 Å². The maximum atomic E-state index is 6.43. The first-order valence-corrected chi connectivity index (χ1v) is 6.99. The molecule has 88 valence electrons. The Labute approximate surface area is 110 Å². The van der Waals surface area contributed by atoms with Crippen molar-refractivity contribution in [1.82, 2.24) is 0 Å². The van der Waals surface area contributed by atoms with Crippen molar-refractivity contribution in [3.05, 3.63) is 33.3 Å². The molecule has 1 nitrogen and oxygen atoms in total. The lowest BCUT2D eigenvalue weighted by atomic mass is 9.78. The van der Waals surface area contributed by atoms with E-state index in [1.807, 2.05) is 12.1 Å². The van der Waals surface area contributed by atoms with E-state index in [4.69, 9.17) is 17.3 Å². The lowest BCUT2D eigenvalue weighted by Gasteiger charge is -2.33. The Bertz CT molecular complexity index is 372. The molecule has 0 bridgehead atoms. The molecule has 1 aliphatic carbocycles. The summed E-state index contributed by atoms with van der Waals surface area (Å²) in [4.78, 5) is 0. The van der Waals surface area contributed by atoms with Crippen LogP contribution < -0.4 is 5.73 Å². The highest BCUT2D eigenvalue weighted by Gasteiger charge is 2.28. The lowest BCUT2D eigenvalue weighted by Crippen LogP contribution is -2.43. The van der Waals surface area contributed by atoms with Crippen LogP contribution in [0.5, 0.6) is 0 Å². The van der Waals surface area contributed by atoms with E-state index >= 15 is 0 Å². The largest absolute Gasteiger partial charge is 0.325 e. The first-order chi connectivity index (χ1) is 7.59. The van der Waals surface area contributed by atoms with E-state index in [-0.39, 0.29) is 5.54 Å². The van der Waals surface area contributed by atoms with E-state index in [2.05, 4.69) is 22.0 Å². The fourth-order valence-electron chi connectivity index (χ4n) is 2.48. The average molecular weight is 303 g/mol. The molecule has 0 spiro atoms. The van der Waals surface area contributed by atoms with E-state index in [0.717, 1.165) is 28.8 Å². The highest BCUT2D eigenvalue weighted by atomic mass is 79.9. The normalized spacial score (nSPS) is 19.7. The van der Waals surface area contributed by atoms with Gasteiger partial charge < -0.3 is 5.73 Å². The van der Waals surface area contributed by atoms with Gasteiger partial charge in [-0.2, -0.15) is 0 Å². The molecule has 1 aliphatic rings. The van der Waals surface area contributed by atoms with Gasteiger partial charge in [-0.3, -0.25) is 0 Å². The van der Waals surface area contributed by atoms with Crippen LogP contribution in [0.3, 0.4) is 0 Å². The molecule has 2 rings (SSSR count). The molecule has 0 unspecified atom stereocenters. The van der Waals surface area contributed by atoms with Gasteiger partial charge in [0.1, 0.15) is 0 Å². The van der Waals surface area contributed by atoms with Crippen LogP contribution in [-0.2, 0) is 6.42 Å². The van der Waals surface area contributed by atoms with Crippen LogP contribution >= 0.6 is 27.5 Å². The monoisotopic (exact) mass is 301 g/mol. The summed E-state index contributed by atoms with van der Waals surface area (Å²) >= 11 is 9.64. The van der Waals surface area contributed by atoms with E-state index in [0.29, 0.717) is 0 Å². The third-order valence-corrected chi connectivity index (χ3v) is 4.25. The highest BCUT2D eigenvalue weighted by molar-refractivity contribution is 9.10. The van der Waals surface area contributed by atoms with Gasteiger partial charge in [-0.25, -0.2) is 0 Å². The molecule has 1 aromatic rings. The summed E-state index contributed by atoms with van der Waals surface area (Å²) < 4.78 is 1.02. The number of nitrogens with two attached hydrogens (primary N) is 1. The molecule has 0 aliphatic heterocycles. The average Bonchev–Trinajstić information content (AvgIpc) is 2.23. The Morgan fingerprint density at radius 2 is 1.94 bits per heavy atom. The number of hydrogen-bond acceptors (Lipinski definition) is 1. The second-order valence-electron chi connectivity index (χ2n) is 4.84. The lowest BCUT2D eigenvalue weighted by molar-refractivity contribution is 0.294. The van der Waals surface area contributed by atoms with Crippen molar-refractivity contribution in [3.8, 4) is 0 Å². The Balaban J connectivity index is 2.13. The smallest absolute Gasteiger partial charge is 0.0449 e. The van der Waals surface area contributed by atoms with Gasteiger partial charge in [0.2, 0.25) is 0 Å². The Kier molecular flexibility index (Phi) is 3.93. The molecular formula is C13H17BrClN. The van der Waals surface area contributed by atoms with E-state index in [1.54, 1.807) is 0 Å². The SMILES string of the molecule is NC1(Cc2ccc(Br)cc2Cl)CCCCC1. The summed E-state index contributed by atoms with van der Waals surface area (Å²) in [6.07, 6.45) is 6.99. The maximum absolute atomic E-state index is 6.43. The molecule has 0 amide bonds. The molecule has 0 saturated heterocycles. The summed E-state index contributed by atoms with van der Waals surface area (Å²) in [5.41, 5.74) is 7.57. The summed E-state index contributed by atoms with van der Waals surface area (Å²) in [6, 6.07) is 6.06. The van der Waals surface area contributed by atoms with Crippen LogP contribution in [0.15, 0.2) is 22.7 Å². The molecule has 0 atom stereocenters. The minimum absolute atomic E-state index is 0.0320. The molecule has 1 aromatic carbocycles. The number of halogens is 2. The molecular weight excluding hydrogens is 286 g/mol. The van der Waals surface area contributed by atoms with Gasteiger partial charge in [-0.1, -0.05) is 52.9 Å². The zero-order valence-corrected chi connectivity index (χ0v) is 11.6. The van der Waals surface area contributed by atoms with Crippen LogP contribution in [0.4, 0.5) is 0 Å². The fourth-order valence-corrected chi connectivity index (χ4v) is 3.22. The van der Waals surface area contributed by atoms with Crippen molar-refractivity contribution in [3.63, 3.8) is 0 Å². The van der Waals surface area contributed by atoms with Crippen LogP contribution in [0.1, 0.15) is 37.7 Å². The third kappa shape index (κ3) is 2.99. The third-order valence-electron chi connectivity index (χ3n) is 3.41. The summed E-state index contributed by atoms with van der Waals surface area (Å²) in [5.74, 6) is 0. The van der Waals surface area contributed by atoms with Crippen molar-refractivity contribution in [2.45, 2.75) is 44.1 Å². The van der Waals surface area contributed by atoms with E-state index < -0.39 is 0 Å². The van der Waals surface area contributed by atoms with Crippen LogP contribution in [0, 0.1) is 0 Å². The molecule has 2 N–H and O–H groups in total. The summed E-state index contributed by atoms with van der Waals surface area (Å²) in [6.45, 7) is 0. The van der Waals surface area contributed by atoms with Crippen molar-refractivity contribution < 1.29 is 0 Å². The Morgan fingerprint density at radius 1 is 1.25 bits per heavy atom. The van der Waals surface area contributed by atoms with Gasteiger partial charge in [0.05, 0.1) is 0 Å². The predicted molar refractivity (Wildman–Crippen MR) is 72.9 cm³/mol. The maximum Gasteiger partial charge on any atom is 0.0449 e. The second-order valence-corrected chi connectivity index (χ2v) is 6.16. The van der Waals surface area contributed by atoms with Crippen molar-refractivity contribution in [1.29, 1.82) is 0 Å². The summed E-state index contributed by atoms with van der Waals surface area (Å²) in [7, 11) is 0. The molecule has 0 heterocycles. The topological polar surface area (TPSA) is 26.0 Å². The molecule has 1 saturated carbocycles. The van der Waals surface area contributed by atoms with Gasteiger partial charge in [0.25, 0.3) is 0 Å². The number of rotatable bonds is 2. The van der Waals surface area contributed by atoms with Gasteiger partial charge >= 0.3 is 0 Å². The van der Waals surface area contributed by atoms with Crippen molar-refractivity contribution in [2.75, 3.05) is 0 Å². The molecule has 0 radical (unpaired) electrons. The van der Waals surface area contributed by atoms with Gasteiger partial charge in [0, 0.05) is 15.0 Å². The van der Waals surface area contributed by atoms with Crippen molar-refractivity contribution >= 4 is 27.5 Å². The zero-order valence-electron chi connectivity index (χ0n) is 9.31. The Morgan fingerprint density at radius 3 is 2.56 bits per heavy atom. The van der Waals surface area contributed by atoms with Crippen LogP contribution in [0.25, 0.3) is 0 Å². The molecule has 16 heavy (non-hydrogen) atoms. The van der Waals surface area contributed by atoms with E-state index in [1.165, 1.54) is 24.8 Å². The van der Waals surface area contributed by atoms with Gasteiger partial charge in [-0.15, -0.1) is 0 Å². The molecule has 1 fully saturated rings. The predicted octanol–water partition coefficient (Wildman–Crippen LogP) is 4.31. The number of benzene rings is 1. The number of hydrogen-bond donors (Lipinski definition) is 1. The zero-order chi connectivity index (χ0) is 11.6. The standard InChI is InChI=1S/C13H17BrClN/c14-11-5-4-10(12(15)8-11)9-13(16)6-2-1-3-7-13/h4-5,8H,1-3,6-7,9,16H2. The van der Waals surface area contributed by atoms with Crippen LogP contribution in [-0.4, -0.2) is 5.54 Å². The minimum atomic E-state index is -0.0320. The second kappa shape index (κ2) is 5.07. The first-order valence-electron chi connectivity index (χ1n) is 5.82. The minimum Gasteiger partial charge on any atom is -0.325 e. The van der Waals surface area contributed by atoms with Gasteiger partial charge in [0.15, 0.2) is 0 Å². The fraction of sp³-hybridized carbons (Fsp3) is 0.538. The van der Waals surface area contributed by atoms with Crippen molar-refractivity contribution in [2.24, 2.45) is 5.73 Å².